The van der Waals surface area contributed by atoms with Crippen molar-refractivity contribution >= 4 is 11.4 Å². The van der Waals surface area contributed by atoms with Gasteiger partial charge in [-0.2, -0.15) is 0 Å². The van der Waals surface area contributed by atoms with Gasteiger partial charge in [0, 0.05) is 6.07 Å². The summed E-state index contributed by atoms with van der Waals surface area (Å²) in [4.78, 5) is 3.11. The summed E-state index contributed by atoms with van der Waals surface area (Å²) in [5, 5.41) is 8.78. The van der Waals surface area contributed by atoms with Gasteiger partial charge in [0.1, 0.15) is 0 Å². The second-order valence-electron chi connectivity index (χ2n) is 2.82. The van der Waals surface area contributed by atoms with Gasteiger partial charge in [0.2, 0.25) is 11.1 Å². The Balaban J connectivity index is 0.00000225. The third-order valence-electron chi connectivity index (χ3n) is 1.80. The lowest BCUT2D eigenvalue weighted by Crippen LogP contribution is -3.00. The monoisotopic (exact) mass is 243 g/mol. The van der Waals surface area contributed by atoms with Crippen LogP contribution in [0.5, 0.6) is 11.5 Å². The number of anilines is 1. The molecule has 16 heavy (non-hydrogen) atoms. The van der Waals surface area contributed by atoms with Crippen LogP contribution in [0.4, 0.5) is 11.4 Å². The zero-order valence-electron chi connectivity index (χ0n) is 9.24. The van der Waals surface area contributed by atoms with E-state index in [2.05, 4.69) is 4.98 Å². The van der Waals surface area contributed by atoms with Crippen LogP contribution in [0.3, 0.4) is 0 Å². The van der Waals surface area contributed by atoms with Crippen molar-refractivity contribution in [1.82, 2.24) is 0 Å². The molecule has 1 aromatic rings. The van der Waals surface area contributed by atoms with Crippen LogP contribution >= 0.6 is 0 Å². The highest BCUT2D eigenvalue weighted by Crippen LogP contribution is 2.36. The third-order valence-corrected chi connectivity index (χ3v) is 1.80. The minimum Gasteiger partial charge on any atom is -1.00 e. The summed E-state index contributed by atoms with van der Waals surface area (Å²) in [6.45, 7) is 4.68. The quantitative estimate of drug-likeness (QED) is 0.575. The van der Waals surface area contributed by atoms with Gasteiger partial charge in [-0.05, 0) is 13.8 Å². The molecular formula is C10H14ClN3O2. The second-order valence-corrected chi connectivity index (χ2v) is 2.82. The Morgan fingerprint density at radius 1 is 1.19 bits per heavy atom. The fraction of sp³-hybridized carbons (Fsp3) is 0.400. The number of hydrogen-bond donors (Lipinski definition) is 1. The fourth-order valence-corrected chi connectivity index (χ4v) is 1.19. The molecule has 0 saturated carbocycles. The lowest BCUT2D eigenvalue weighted by atomic mass is 10.2. The first-order valence-corrected chi connectivity index (χ1v) is 4.77. The summed E-state index contributed by atoms with van der Waals surface area (Å²) >= 11 is 0. The van der Waals surface area contributed by atoms with E-state index in [9.17, 15) is 0 Å². The summed E-state index contributed by atoms with van der Waals surface area (Å²) in [6.07, 6.45) is 0. The molecule has 5 nitrogen and oxygen atoms in total. The first-order valence-electron chi connectivity index (χ1n) is 4.77. The van der Waals surface area contributed by atoms with E-state index in [1.807, 2.05) is 13.8 Å². The summed E-state index contributed by atoms with van der Waals surface area (Å²) in [7, 11) is 0. The Hall–Kier alpha value is -1.67. The molecular weight excluding hydrogens is 230 g/mol. The smallest absolute Gasteiger partial charge is 0.430 e. The summed E-state index contributed by atoms with van der Waals surface area (Å²) < 4.78 is 10.5. The lowest BCUT2D eigenvalue weighted by molar-refractivity contribution is -0.00000444. The van der Waals surface area contributed by atoms with E-state index < -0.39 is 0 Å². The largest absolute Gasteiger partial charge is 1.00 e. The summed E-state index contributed by atoms with van der Waals surface area (Å²) in [5.74, 6) is 0.940. The number of nitrogens with zero attached hydrogens (tertiary/aromatic N) is 2. The number of hydrogen-bond acceptors (Lipinski definition) is 4. The molecule has 0 heterocycles. The van der Waals surface area contributed by atoms with Crippen LogP contribution in [-0.2, 0) is 0 Å². The number of nitrogens with two attached hydrogens (primary N) is 1. The number of ether oxygens (including phenoxy) is 2. The van der Waals surface area contributed by atoms with Crippen LogP contribution in [0.15, 0.2) is 12.1 Å². The molecule has 0 fully saturated rings. The molecule has 0 bridgehead atoms. The number of rotatable bonds is 4. The van der Waals surface area contributed by atoms with Gasteiger partial charge >= 0.3 is 5.69 Å². The Bertz CT molecular complexity index is 390. The number of halogens is 1. The van der Waals surface area contributed by atoms with Gasteiger partial charge in [-0.25, -0.2) is 0 Å². The number of benzene rings is 1. The van der Waals surface area contributed by atoms with E-state index in [4.69, 9.17) is 20.6 Å². The van der Waals surface area contributed by atoms with Crippen LogP contribution in [0, 0.1) is 5.39 Å². The van der Waals surface area contributed by atoms with Crippen LogP contribution < -0.4 is 27.6 Å². The highest BCUT2D eigenvalue weighted by Gasteiger charge is 2.19. The second kappa shape index (κ2) is 6.75. The van der Waals surface area contributed by atoms with Crippen LogP contribution in [0.1, 0.15) is 13.8 Å². The molecule has 0 aromatic heterocycles. The van der Waals surface area contributed by atoms with E-state index in [1.54, 1.807) is 12.1 Å². The molecule has 0 aliphatic rings. The van der Waals surface area contributed by atoms with Crippen molar-refractivity contribution in [2.75, 3.05) is 18.9 Å². The first kappa shape index (κ1) is 14.3. The highest BCUT2D eigenvalue weighted by molar-refractivity contribution is 5.69. The van der Waals surface area contributed by atoms with Gasteiger partial charge in [-0.15, -0.1) is 0 Å². The van der Waals surface area contributed by atoms with Gasteiger partial charge in [0.05, 0.1) is 25.0 Å². The highest BCUT2D eigenvalue weighted by atomic mass is 35.5. The van der Waals surface area contributed by atoms with E-state index in [-0.39, 0.29) is 12.4 Å². The van der Waals surface area contributed by atoms with E-state index in [0.717, 1.165) is 0 Å². The predicted octanol–water partition coefficient (Wildman–Crippen LogP) is -0.445. The molecule has 88 valence electrons. The van der Waals surface area contributed by atoms with Gasteiger partial charge in [-0.1, -0.05) is 0 Å². The fourth-order valence-electron chi connectivity index (χ4n) is 1.19. The predicted molar refractivity (Wildman–Crippen MR) is 57.9 cm³/mol. The molecule has 1 rings (SSSR count). The SMILES string of the molecule is CCOc1cc([N+]#N)c(OCC)cc1N.[Cl-]. The molecule has 0 aliphatic carbocycles. The number of diazo groups is 1. The zero-order chi connectivity index (χ0) is 11.3. The van der Waals surface area contributed by atoms with Crippen molar-refractivity contribution in [3.05, 3.63) is 17.1 Å². The molecule has 0 spiro atoms. The minimum atomic E-state index is 0. The van der Waals surface area contributed by atoms with E-state index in [1.165, 1.54) is 0 Å². The average Bonchev–Trinajstić information content (AvgIpc) is 2.22. The third kappa shape index (κ3) is 3.17. The Morgan fingerprint density at radius 3 is 2.25 bits per heavy atom. The molecule has 0 atom stereocenters. The van der Waals surface area contributed by atoms with Crippen molar-refractivity contribution in [1.29, 1.82) is 5.39 Å². The van der Waals surface area contributed by atoms with Crippen molar-refractivity contribution in [2.45, 2.75) is 13.8 Å². The maximum atomic E-state index is 8.78. The van der Waals surface area contributed by atoms with Crippen molar-refractivity contribution < 1.29 is 21.9 Å². The summed E-state index contributed by atoms with van der Waals surface area (Å²) in [6, 6.07) is 3.13. The van der Waals surface area contributed by atoms with Gasteiger partial charge in [0.15, 0.2) is 10.7 Å². The van der Waals surface area contributed by atoms with Crippen molar-refractivity contribution in [3.8, 4) is 11.5 Å². The van der Waals surface area contributed by atoms with E-state index >= 15 is 0 Å². The maximum absolute atomic E-state index is 8.78. The van der Waals surface area contributed by atoms with Gasteiger partial charge in [0.25, 0.3) is 0 Å². The summed E-state index contributed by atoms with van der Waals surface area (Å²) in [5.41, 5.74) is 6.51. The molecule has 0 amide bonds. The molecule has 6 heteroatoms. The van der Waals surface area contributed by atoms with Crippen molar-refractivity contribution in [3.63, 3.8) is 0 Å². The number of nitrogen functional groups attached to an aromatic ring is 1. The molecule has 0 saturated heterocycles. The maximum Gasteiger partial charge on any atom is 0.430 e. The molecule has 0 unspecified atom stereocenters. The van der Waals surface area contributed by atoms with E-state index in [0.29, 0.717) is 36.1 Å². The first-order chi connectivity index (χ1) is 7.22. The normalized spacial score (nSPS) is 8.81. The lowest BCUT2D eigenvalue weighted by Gasteiger charge is -2.07. The topological polar surface area (TPSA) is 72.6 Å². The van der Waals surface area contributed by atoms with Crippen LogP contribution in [0.2, 0.25) is 0 Å². The standard InChI is InChI=1S/C10H14N3O2.ClH/c1-3-14-9-6-8(13-12)10(15-4-2)5-7(9)11;/h5-6H,3-4,11H2,1-2H3;1H/q+1;/p-1. The van der Waals surface area contributed by atoms with Crippen molar-refractivity contribution in [2.24, 2.45) is 0 Å². The Kier molecular flexibility index (Phi) is 6.04. The Morgan fingerprint density at radius 2 is 1.75 bits per heavy atom. The van der Waals surface area contributed by atoms with Crippen LogP contribution in [-0.4, -0.2) is 13.2 Å². The minimum absolute atomic E-state index is 0. The average molecular weight is 244 g/mol. The molecule has 0 radical (unpaired) electrons. The zero-order valence-corrected chi connectivity index (χ0v) is 9.99. The molecule has 1 aromatic carbocycles. The molecule has 2 N–H and O–H groups in total. The Labute approximate surface area is 101 Å². The van der Waals surface area contributed by atoms with Gasteiger partial charge in [-0.3, -0.25) is 0 Å². The van der Waals surface area contributed by atoms with Gasteiger partial charge < -0.3 is 27.6 Å². The van der Waals surface area contributed by atoms with Crippen LogP contribution in [0.25, 0.3) is 4.98 Å². The molecule has 0 aliphatic heterocycles.